The van der Waals surface area contributed by atoms with Crippen LogP contribution in [0.3, 0.4) is 0 Å². The molecular weight excluding hydrogens is 438 g/mol. The van der Waals surface area contributed by atoms with Crippen molar-refractivity contribution in [1.29, 1.82) is 0 Å². The fraction of sp³-hybridized carbons (Fsp3) is 0.200. The molecule has 4 rings (SSSR count). The number of rotatable bonds is 9. The molecule has 0 bridgehead atoms. The maximum absolute atomic E-state index is 12.8. The zero-order valence-electron chi connectivity index (χ0n) is 18.1. The highest BCUT2D eigenvalue weighted by atomic mass is 32.2. The van der Waals surface area contributed by atoms with E-state index in [4.69, 9.17) is 4.74 Å². The second-order valence-electron chi connectivity index (χ2n) is 7.20. The second kappa shape index (κ2) is 10.6. The molecule has 1 amide bonds. The first kappa shape index (κ1) is 22.3. The molecule has 164 valence electrons. The quantitative estimate of drug-likeness (QED) is 0.313. The number of ether oxygens (including phenoxy) is 1. The lowest BCUT2D eigenvalue weighted by atomic mass is 10.1. The van der Waals surface area contributed by atoms with Crippen molar-refractivity contribution in [1.82, 2.24) is 10.3 Å². The molecular formula is C25H25N3O2S2. The summed E-state index contributed by atoms with van der Waals surface area (Å²) in [5, 5.41) is 6.90. The van der Waals surface area contributed by atoms with Gasteiger partial charge in [0.15, 0.2) is 5.13 Å². The molecule has 0 unspecified atom stereocenters. The molecule has 2 N–H and O–H groups in total. The van der Waals surface area contributed by atoms with E-state index in [-0.39, 0.29) is 5.91 Å². The molecule has 5 nitrogen and oxygen atoms in total. The van der Waals surface area contributed by atoms with E-state index in [9.17, 15) is 4.79 Å². The highest BCUT2D eigenvalue weighted by molar-refractivity contribution is 7.98. The Morgan fingerprint density at radius 1 is 1.06 bits per heavy atom. The highest BCUT2D eigenvalue weighted by Gasteiger charge is 2.16. The number of amides is 1. The van der Waals surface area contributed by atoms with Gasteiger partial charge in [-0.1, -0.05) is 53.8 Å². The van der Waals surface area contributed by atoms with E-state index in [2.05, 4.69) is 34.0 Å². The number of aromatic nitrogens is 1. The molecule has 0 aliphatic heterocycles. The third kappa shape index (κ3) is 5.12. The van der Waals surface area contributed by atoms with Crippen LogP contribution in [0.25, 0.3) is 21.3 Å². The van der Waals surface area contributed by atoms with Crippen molar-refractivity contribution in [2.45, 2.75) is 6.54 Å². The average molecular weight is 464 g/mol. The minimum absolute atomic E-state index is 0.175. The van der Waals surface area contributed by atoms with E-state index >= 15 is 0 Å². The van der Waals surface area contributed by atoms with Gasteiger partial charge in [0, 0.05) is 30.0 Å². The normalized spacial score (nSPS) is 10.9. The Labute approximate surface area is 196 Å². The van der Waals surface area contributed by atoms with Crippen LogP contribution in [-0.4, -0.2) is 36.6 Å². The van der Waals surface area contributed by atoms with Crippen LogP contribution in [0.15, 0.2) is 66.7 Å². The summed E-state index contributed by atoms with van der Waals surface area (Å²) in [5.41, 5.74) is 4.68. The number of hydrogen-bond donors (Lipinski definition) is 2. The van der Waals surface area contributed by atoms with Gasteiger partial charge in [0.25, 0.3) is 5.91 Å². The summed E-state index contributed by atoms with van der Waals surface area (Å²) >= 11 is 3.27. The fourth-order valence-electron chi connectivity index (χ4n) is 3.40. The molecule has 0 fully saturated rings. The first-order chi connectivity index (χ1) is 15.7. The van der Waals surface area contributed by atoms with Crippen molar-refractivity contribution in [2.24, 2.45) is 0 Å². The van der Waals surface area contributed by atoms with Gasteiger partial charge in [-0.3, -0.25) is 10.1 Å². The lowest BCUT2D eigenvalue weighted by Gasteiger charge is -2.05. The van der Waals surface area contributed by atoms with E-state index in [1.54, 1.807) is 7.11 Å². The summed E-state index contributed by atoms with van der Waals surface area (Å²) < 4.78 is 6.49. The number of thiazole rings is 1. The predicted octanol–water partition coefficient (Wildman–Crippen LogP) is 5.68. The molecule has 32 heavy (non-hydrogen) atoms. The summed E-state index contributed by atoms with van der Waals surface area (Å²) in [6, 6.07) is 21.8. The number of fused-ring (bicyclic) bond motifs is 1. The summed E-state index contributed by atoms with van der Waals surface area (Å²) in [6.07, 6.45) is 2.10. The third-order valence-electron chi connectivity index (χ3n) is 5.06. The van der Waals surface area contributed by atoms with Gasteiger partial charge < -0.3 is 10.1 Å². The number of carbonyl (C=O) groups excluding carboxylic acids is 1. The Bertz CT molecular complexity index is 1190. The minimum atomic E-state index is -0.175. The molecule has 0 saturated heterocycles. The van der Waals surface area contributed by atoms with Gasteiger partial charge in [0.05, 0.1) is 11.8 Å². The van der Waals surface area contributed by atoms with Crippen LogP contribution in [0, 0.1) is 0 Å². The topological polar surface area (TPSA) is 63.2 Å². The molecule has 3 aromatic carbocycles. The standard InChI is InChI=1S/C25H25N3O2S2/c1-30-21-13-12-20(18-6-4-3-5-7-18)23-22(21)27-25(32-23)28-24(29)19-10-8-17(9-11-19)16-26-14-15-31-2/h3-13,26H,14-16H2,1-2H3,(H,27,28,29). The SMILES string of the molecule is COc1ccc(-c2ccccc2)c2sc(NC(=O)c3ccc(CNCCSC)cc3)nc12. The minimum Gasteiger partial charge on any atom is -0.494 e. The Balaban J connectivity index is 1.53. The molecule has 0 aliphatic carbocycles. The molecule has 0 saturated carbocycles. The molecule has 7 heteroatoms. The molecule has 1 heterocycles. The Hall–Kier alpha value is -2.87. The number of thioether (sulfide) groups is 1. The summed E-state index contributed by atoms with van der Waals surface area (Å²) in [5.74, 6) is 1.60. The summed E-state index contributed by atoms with van der Waals surface area (Å²) in [4.78, 5) is 17.5. The molecule has 0 radical (unpaired) electrons. The monoisotopic (exact) mass is 463 g/mol. The first-order valence-corrected chi connectivity index (χ1v) is 12.5. The molecule has 1 aromatic heterocycles. The van der Waals surface area contributed by atoms with Crippen LogP contribution in [-0.2, 0) is 6.54 Å². The van der Waals surface area contributed by atoms with Crippen molar-refractivity contribution in [3.63, 3.8) is 0 Å². The number of carbonyl (C=O) groups is 1. The number of hydrogen-bond acceptors (Lipinski definition) is 6. The van der Waals surface area contributed by atoms with Crippen molar-refractivity contribution in [3.8, 4) is 16.9 Å². The van der Waals surface area contributed by atoms with Crippen LogP contribution in [0.5, 0.6) is 5.75 Å². The average Bonchev–Trinajstić information content (AvgIpc) is 3.25. The van der Waals surface area contributed by atoms with Gasteiger partial charge in [-0.05, 0) is 41.6 Å². The third-order valence-corrected chi connectivity index (χ3v) is 6.68. The molecule has 0 spiro atoms. The number of nitrogens with one attached hydrogen (secondary N) is 2. The predicted molar refractivity (Wildman–Crippen MR) is 136 cm³/mol. The van der Waals surface area contributed by atoms with Crippen molar-refractivity contribution in [3.05, 3.63) is 77.9 Å². The van der Waals surface area contributed by atoms with Crippen LogP contribution >= 0.6 is 23.1 Å². The Morgan fingerprint density at radius 3 is 2.56 bits per heavy atom. The summed E-state index contributed by atoms with van der Waals surface area (Å²) in [7, 11) is 1.63. The Morgan fingerprint density at radius 2 is 1.84 bits per heavy atom. The van der Waals surface area contributed by atoms with E-state index < -0.39 is 0 Å². The maximum Gasteiger partial charge on any atom is 0.257 e. The molecule has 0 atom stereocenters. The molecule has 4 aromatic rings. The lowest BCUT2D eigenvalue weighted by molar-refractivity contribution is 0.102. The van der Waals surface area contributed by atoms with Crippen LogP contribution in [0.4, 0.5) is 5.13 Å². The van der Waals surface area contributed by atoms with Crippen molar-refractivity contribution >= 4 is 44.4 Å². The number of methoxy groups -OCH3 is 1. The molecule has 0 aliphatic rings. The smallest absolute Gasteiger partial charge is 0.257 e. The van der Waals surface area contributed by atoms with Crippen molar-refractivity contribution < 1.29 is 9.53 Å². The van der Waals surface area contributed by atoms with E-state index in [1.165, 1.54) is 11.3 Å². The largest absolute Gasteiger partial charge is 0.494 e. The lowest BCUT2D eigenvalue weighted by Crippen LogP contribution is -2.16. The van der Waals surface area contributed by atoms with Gasteiger partial charge in [0.1, 0.15) is 11.3 Å². The number of nitrogens with zero attached hydrogens (tertiary/aromatic N) is 1. The maximum atomic E-state index is 12.8. The Kier molecular flexibility index (Phi) is 7.42. The van der Waals surface area contributed by atoms with Gasteiger partial charge in [0.2, 0.25) is 0 Å². The van der Waals surface area contributed by atoms with Gasteiger partial charge >= 0.3 is 0 Å². The van der Waals surface area contributed by atoms with E-state index in [0.29, 0.717) is 16.4 Å². The van der Waals surface area contributed by atoms with Crippen molar-refractivity contribution in [2.75, 3.05) is 31.0 Å². The highest BCUT2D eigenvalue weighted by Crippen LogP contribution is 2.39. The summed E-state index contributed by atoms with van der Waals surface area (Å²) in [6.45, 7) is 1.76. The zero-order chi connectivity index (χ0) is 22.3. The van der Waals surface area contributed by atoms with E-state index in [1.807, 2.05) is 66.4 Å². The van der Waals surface area contributed by atoms with Crippen LogP contribution in [0.2, 0.25) is 0 Å². The van der Waals surface area contributed by atoms with Crippen LogP contribution in [0.1, 0.15) is 15.9 Å². The van der Waals surface area contributed by atoms with Gasteiger partial charge in [-0.15, -0.1) is 0 Å². The number of benzene rings is 3. The fourth-order valence-corrected chi connectivity index (χ4v) is 4.76. The van der Waals surface area contributed by atoms with E-state index in [0.717, 1.165) is 45.7 Å². The zero-order valence-corrected chi connectivity index (χ0v) is 19.7. The second-order valence-corrected chi connectivity index (χ2v) is 9.18. The number of anilines is 1. The van der Waals surface area contributed by atoms with Gasteiger partial charge in [-0.2, -0.15) is 11.8 Å². The van der Waals surface area contributed by atoms with Gasteiger partial charge in [-0.25, -0.2) is 4.98 Å². The first-order valence-electron chi connectivity index (χ1n) is 10.3. The van der Waals surface area contributed by atoms with Crippen LogP contribution < -0.4 is 15.4 Å².